The standard InChI is InChI=1S/C12H27N3/c1-13-7-5-9-15(3)11-12-6-4-8-14(2)10-12/h12-13H,4-11H2,1-3H3. The van der Waals surface area contributed by atoms with E-state index in [0.717, 1.165) is 12.5 Å². The molecule has 1 aliphatic rings. The second-order valence-corrected chi connectivity index (χ2v) is 4.99. The average Bonchev–Trinajstić information content (AvgIpc) is 2.18. The van der Waals surface area contributed by atoms with Crippen molar-refractivity contribution < 1.29 is 0 Å². The van der Waals surface area contributed by atoms with Gasteiger partial charge < -0.3 is 15.1 Å². The molecule has 1 unspecified atom stereocenters. The summed E-state index contributed by atoms with van der Waals surface area (Å²) >= 11 is 0. The molecule has 0 radical (unpaired) electrons. The van der Waals surface area contributed by atoms with Crippen LogP contribution in [-0.2, 0) is 0 Å². The Morgan fingerprint density at radius 1 is 1.47 bits per heavy atom. The minimum atomic E-state index is 0.892. The Morgan fingerprint density at radius 2 is 2.27 bits per heavy atom. The molecule has 1 rings (SSSR count). The molecule has 90 valence electrons. The molecular formula is C12H27N3. The first-order valence-electron chi connectivity index (χ1n) is 6.24. The van der Waals surface area contributed by atoms with Crippen LogP contribution in [0.1, 0.15) is 19.3 Å². The van der Waals surface area contributed by atoms with Gasteiger partial charge in [-0.2, -0.15) is 0 Å². The molecule has 0 spiro atoms. The minimum Gasteiger partial charge on any atom is -0.320 e. The molecule has 1 atom stereocenters. The van der Waals surface area contributed by atoms with Gasteiger partial charge in [-0.15, -0.1) is 0 Å². The van der Waals surface area contributed by atoms with Crippen LogP contribution in [0.5, 0.6) is 0 Å². The highest BCUT2D eigenvalue weighted by atomic mass is 15.1. The van der Waals surface area contributed by atoms with Crippen molar-refractivity contribution in [2.24, 2.45) is 5.92 Å². The van der Waals surface area contributed by atoms with Crippen LogP contribution >= 0.6 is 0 Å². The van der Waals surface area contributed by atoms with Crippen molar-refractivity contribution in [3.63, 3.8) is 0 Å². The van der Waals surface area contributed by atoms with Gasteiger partial charge in [-0.3, -0.25) is 0 Å². The molecule has 0 amide bonds. The van der Waals surface area contributed by atoms with Gasteiger partial charge in [0, 0.05) is 13.1 Å². The summed E-state index contributed by atoms with van der Waals surface area (Å²) in [7, 11) is 6.52. The van der Waals surface area contributed by atoms with Crippen LogP contribution in [0.25, 0.3) is 0 Å². The fourth-order valence-electron chi connectivity index (χ4n) is 2.48. The summed E-state index contributed by atoms with van der Waals surface area (Å²) in [6, 6.07) is 0. The zero-order valence-corrected chi connectivity index (χ0v) is 10.6. The van der Waals surface area contributed by atoms with Crippen LogP contribution in [0.3, 0.4) is 0 Å². The molecule has 1 aliphatic heterocycles. The van der Waals surface area contributed by atoms with Gasteiger partial charge in [-0.1, -0.05) is 0 Å². The Kier molecular flexibility index (Phi) is 6.22. The third kappa shape index (κ3) is 5.50. The Balaban J connectivity index is 2.10. The number of rotatable bonds is 6. The number of nitrogens with one attached hydrogen (secondary N) is 1. The zero-order chi connectivity index (χ0) is 11.1. The van der Waals surface area contributed by atoms with Crippen LogP contribution in [0.15, 0.2) is 0 Å². The molecule has 3 nitrogen and oxygen atoms in total. The first kappa shape index (κ1) is 12.9. The van der Waals surface area contributed by atoms with E-state index in [1.807, 2.05) is 7.05 Å². The Hall–Kier alpha value is -0.120. The molecule has 0 saturated carbocycles. The summed E-state index contributed by atoms with van der Waals surface area (Å²) in [4.78, 5) is 4.96. The molecule has 15 heavy (non-hydrogen) atoms. The molecule has 0 bridgehead atoms. The maximum absolute atomic E-state index is 3.20. The van der Waals surface area contributed by atoms with E-state index in [2.05, 4.69) is 29.2 Å². The number of hydrogen-bond acceptors (Lipinski definition) is 3. The summed E-state index contributed by atoms with van der Waals surface area (Å²) < 4.78 is 0. The van der Waals surface area contributed by atoms with Crippen LogP contribution in [-0.4, -0.2) is 63.7 Å². The fraction of sp³-hybridized carbons (Fsp3) is 1.00. The average molecular weight is 213 g/mol. The topological polar surface area (TPSA) is 18.5 Å². The quantitative estimate of drug-likeness (QED) is 0.661. The Bertz CT molecular complexity index is 161. The lowest BCUT2D eigenvalue weighted by Gasteiger charge is -2.32. The van der Waals surface area contributed by atoms with Crippen LogP contribution in [0.2, 0.25) is 0 Å². The zero-order valence-electron chi connectivity index (χ0n) is 10.6. The molecule has 0 aromatic heterocycles. The van der Waals surface area contributed by atoms with E-state index in [4.69, 9.17) is 0 Å². The van der Waals surface area contributed by atoms with Gasteiger partial charge in [0.2, 0.25) is 0 Å². The second-order valence-electron chi connectivity index (χ2n) is 4.99. The van der Waals surface area contributed by atoms with Crippen molar-refractivity contribution in [2.75, 3.05) is 53.9 Å². The third-order valence-corrected chi connectivity index (χ3v) is 3.26. The van der Waals surface area contributed by atoms with Crippen molar-refractivity contribution in [2.45, 2.75) is 19.3 Å². The summed E-state index contributed by atoms with van der Waals surface area (Å²) in [6.07, 6.45) is 4.06. The maximum Gasteiger partial charge on any atom is 0.00188 e. The maximum atomic E-state index is 3.20. The summed E-state index contributed by atoms with van der Waals surface area (Å²) in [5.41, 5.74) is 0. The number of nitrogens with zero attached hydrogens (tertiary/aromatic N) is 2. The van der Waals surface area contributed by atoms with Crippen molar-refractivity contribution in [1.29, 1.82) is 0 Å². The second kappa shape index (κ2) is 7.20. The van der Waals surface area contributed by atoms with Gasteiger partial charge in [0.1, 0.15) is 0 Å². The molecule has 0 aromatic carbocycles. The molecule has 1 heterocycles. The van der Waals surface area contributed by atoms with Crippen LogP contribution < -0.4 is 5.32 Å². The van der Waals surface area contributed by atoms with E-state index in [9.17, 15) is 0 Å². The van der Waals surface area contributed by atoms with Gasteiger partial charge >= 0.3 is 0 Å². The fourth-order valence-corrected chi connectivity index (χ4v) is 2.48. The lowest BCUT2D eigenvalue weighted by atomic mass is 9.98. The van der Waals surface area contributed by atoms with Gasteiger partial charge in [0.25, 0.3) is 0 Å². The molecule has 0 aromatic rings. The van der Waals surface area contributed by atoms with E-state index in [0.29, 0.717) is 0 Å². The van der Waals surface area contributed by atoms with E-state index in [1.54, 1.807) is 0 Å². The molecule has 1 saturated heterocycles. The molecule has 3 heteroatoms. The summed E-state index contributed by atoms with van der Waals surface area (Å²) in [5.74, 6) is 0.892. The van der Waals surface area contributed by atoms with E-state index < -0.39 is 0 Å². The van der Waals surface area contributed by atoms with Gasteiger partial charge in [0.15, 0.2) is 0 Å². The highest BCUT2D eigenvalue weighted by molar-refractivity contribution is 4.73. The van der Waals surface area contributed by atoms with Crippen LogP contribution in [0, 0.1) is 5.92 Å². The van der Waals surface area contributed by atoms with E-state index in [-0.39, 0.29) is 0 Å². The Morgan fingerprint density at radius 3 is 2.93 bits per heavy atom. The van der Waals surface area contributed by atoms with Crippen molar-refractivity contribution in [3.05, 3.63) is 0 Å². The van der Waals surface area contributed by atoms with E-state index in [1.165, 1.54) is 45.4 Å². The summed E-state index contributed by atoms with van der Waals surface area (Å²) in [6.45, 7) is 6.21. The first-order valence-corrected chi connectivity index (χ1v) is 6.24. The predicted molar refractivity (Wildman–Crippen MR) is 66.3 cm³/mol. The van der Waals surface area contributed by atoms with Gasteiger partial charge in [0.05, 0.1) is 0 Å². The van der Waals surface area contributed by atoms with Crippen molar-refractivity contribution in [3.8, 4) is 0 Å². The highest BCUT2D eigenvalue weighted by Crippen LogP contribution is 2.15. The SMILES string of the molecule is CNCCCN(C)CC1CCCN(C)C1. The van der Waals surface area contributed by atoms with Gasteiger partial charge in [-0.25, -0.2) is 0 Å². The molecule has 1 N–H and O–H groups in total. The minimum absolute atomic E-state index is 0.892. The molecular weight excluding hydrogens is 186 g/mol. The predicted octanol–water partition coefficient (Wildman–Crippen LogP) is 0.870. The monoisotopic (exact) mass is 213 g/mol. The number of piperidine rings is 1. The smallest absolute Gasteiger partial charge is 0.00188 e. The highest BCUT2D eigenvalue weighted by Gasteiger charge is 2.18. The Labute approximate surface area is 94.8 Å². The van der Waals surface area contributed by atoms with Crippen molar-refractivity contribution >= 4 is 0 Å². The lowest BCUT2D eigenvalue weighted by Crippen LogP contribution is -2.38. The summed E-state index contributed by atoms with van der Waals surface area (Å²) in [5, 5.41) is 3.20. The number of hydrogen-bond donors (Lipinski definition) is 1. The van der Waals surface area contributed by atoms with E-state index >= 15 is 0 Å². The normalized spacial score (nSPS) is 23.6. The first-order chi connectivity index (χ1) is 7.22. The molecule has 1 fully saturated rings. The van der Waals surface area contributed by atoms with Crippen molar-refractivity contribution in [1.82, 2.24) is 15.1 Å². The molecule has 0 aliphatic carbocycles. The lowest BCUT2D eigenvalue weighted by molar-refractivity contribution is 0.166. The van der Waals surface area contributed by atoms with Crippen LogP contribution in [0.4, 0.5) is 0 Å². The third-order valence-electron chi connectivity index (χ3n) is 3.26. The van der Waals surface area contributed by atoms with Gasteiger partial charge in [-0.05, 0) is 66.0 Å². The largest absolute Gasteiger partial charge is 0.320 e. The number of likely N-dealkylation sites (tertiary alicyclic amines) is 1.